The van der Waals surface area contributed by atoms with E-state index in [0.29, 0.717) is 13.2 Å². The van der Waals surface area contributed by atoms with Crippen molar-refractivity contribution in [1.29, 1.82) is 0 Å². The topological polar surface area (TPSA) is 9.23 Å². The number of ether oxygens (including phenoxy) is 1. The fourth-order valence-corrected chi connectivity index (χ4v) is 0.235. The minimum atomic E-state index is 0. The summed E-state index contributed by atoms with van der Waals surface area (Å²) in [6.45, 7) is 8.18. The van der Waals surface area contributed by atoms with Crippen molar-refractivity contribution in [3.05, 3.63) is 25.3 Å². The lowest BCUT2D eigenvalue weighted by atomic mass is 10.6. The summed E-state index contributed by atoms with van der Waals surface area (Å²) in [6.07, 6.45) is 3.42. The predicted molar refractivity (Wildman–Crippen MR) is 36.2 cm³/mol. The lowest BCUT2D eigenvalue weighted by Crippen LogP contribution is -1.87. The molecule has 0 fully saturated rings. The SMILES string of the molecule is C=CCOCC=C.F.F. The molecule has 0 unspecified atom stereocenters. The van der Waals surface area contributed by atoms with Gasteiger partial charge in [-0.05, 0) is 0 Å². The van der Waals surface area contributed by atoms with Gasteiger partial charge in [-0.2, -0.15) is 0 Å². The van der Waals surface area contributed by atoms with E-state index in [1.165, 1.54) is 0 Å². The molecule has 0 radical (unpaired) electrons. The molecule has 1 nitrogen and oxygen atoms in total. The minimum Gasteiger partial charge on any atom is -0.373 e. The van der Waals surface area contributed by atoms with Crippen LogP contribution in [0.5, 0.6) is 0 Å². The largest absolute Gasteiger partial charge is 0.373 e. The second-order valence-electron chi connectivity index (χ2n) is 1.11. The fourth-order valence-electron chi connectivity index (χ4n) is 0.235. The second-order valence-corrected chi connectivity index (χ2v) is 1.11. The lowest BCUT2D eigenvalue weighted by Gasteiger charge is -1.89. The first kappa shape index (κ1) is 15.7. The predicted octanol–water partition coefficient (Wildman–Crippen LogP) is 1.68. The molecule has 0 atom stereocenters. The van der Waals surface area contributed by atoms with Crippen LogP contribution < -0.4 is 0 Å². The molecule has 0 spiro atoms. The molecule has 9 heavy (non-hydrogen) atoms. The van der Waals surface area contributed by atoms with Gasteiger partial charge < -0.3 is 4.74 Å². The van der Waals surface area contributed by atoms with Gasteiger partial charge in [0.15, 0.2) is 0 Å². The molecule has 56 valence electrons. The highest BCUT2D eigenvalue weighted by atomic mass is 19.0. The lowest BCUT2D eigenvalue weighted by molar-refractivity contribution is 0.194. The molecule has 0 amide bonds. The van der Waals surface area contributed by atoms with Gasteiger partial charge >= 0.3 is 0 Å². The van der Waals surface area contributed by atoms with Crippen molar-refractivity contribution in [1.82, 2.24) is 0 Å². The summed E-state index contributed by atoms with van der Waals surface area (Å²) in [7, 11) is 0. The van der Waals surface area contributed by atoms with E-state index < -0.39 is 0 Å². The molecule has 0 rings (SSSR count). The summed E-state index contributed by atoms with van der Waals surface area (Å²) < 4.78 is 4.90. The van der Waals surface area contributed by atoms with Gasteiger partial charge in [0.05, 0.1) is 13.2 Å². The van der Waals surface area contributed by atoms with E-state index in [2.05, 4.69) is 13.2 Å². The van der Waals surface area contributed by atoms with Crippen molar-refractivity contribution in [3.8, 4) is 0 Å². The third kappa shape index (κ3) is 18.8. The van der Waals surface area contributed by atoms with Crippen molar-refractivity contribution >= 4 is 0 Å². The van der Waals surface area contributed by atoms with Gasteiger partial charge in [-0.1, -0.05) is 12.2 Å². The Morgan fingerprint density at radius 2 is 1.33 bits per heavy atom. The maximum Gasteiger partial charge on any atom is 0.0649 e. The highest BCUT2D eigenvalue weighted by Crippen LogP contribution is 1.72. The molecule has 0 saturated carbocycles. The van der Waals surface area contributed by atoms with Crippen LogP contribution in [0.15, 0.2) is 25.3 Å². The first-order valence-corrected chi connectivity index (χ1v) is 2.21. The van der Waals surface area contributed by atoms with E-state index in [1.807, 2.05) is 0 Å². The molecule has 0 aromatic rings. The van der Waals surface area contributed by atoms with Crippen molar-refractivity contribution in [2.24, 2.45) is 0 Å². The zero-order chi connectivity index (χ0) is 5.54. The molecule has 0 N–H and O–H groups in total. The van der Waals surface area contributed by atoms with E-state index in [-0.39, 0.29) is 9.41 Å². The van der Waals surface area contributed by atoms with Gasteiger partial charge in [0.1, 0.15) is 0 Å². The van der Waals surface area contributed by atoms with Crippen LogP contribution in [0, 0.1) is 0 Å². The molecule has 3 heteroatoms. The van der Waals surface area contributed by atoms with Crippen LogP contribution in [0.25, 0.3) is 0 Å². The molecule has 0 aliphatic rings. The minimum absolute atomic E-state index is 0. The average Bonchev–Trinajstić information content (AvgIpc) is 1.69. The molecule has 0 aliphatic heterocycles. The van der Waals surface area contributed by atoms with Crippen LogP contribution in [0.2, 0.25) is 0 Å². The quantitative estimate of drug-likeness (QED) is 0.424. The van der Waals surface area contributed by atoms with Crippen LogP contribution in [0.3, 0.4) is 0 Å². The van der Waals surface area contributed by atoms with E-state index >= 15 is 0 Å². The Morgan fingerprint density at radius 3 is 1.56 bits per heavy atom. The highest BCUT2D eigenvalue weighted by Gasteiger charge is 1.70. The highest BCUT2D eigenvalue weighted by molar-refractivity contribution is 4.68. The Hall–Kier alpha value is -0.700. The normalized spacial score (nSPS) is 6.22. The van der Waals surface area contributed by atoms with Crippen LogP contribution in [-0.2, 0) is 4.74 Å². The fraction of sp³-hybridized carbons (Fsp3) is 0.333. The van der Waals surface area contributed by atoms with Gasteiger partial charge in [-0.15, -0.1) is 13.2 Å². The number of rotatable bonds is 4. The van der Waals surface area contributed by atoms with Gasteiger partial charge in [-0.25, -0.2) is 0 Å². The maximum atomic E-state index is 4.90. The molecule has 0 saturated heterocycles. The smallest absolute Gasteiger partial charge is 0.0649 e. The molecule has 0 heterocycles. The molecular weight excluding hydrogens is 126 g/mol. The summed E-state index contributed by atoms with van der Waals surface area (Å²) in [5, 5.41) is 0. The number of hydrogen-bond donors (Lipinski definition) is 0. The van der Waals surface area contributed by atoms with Gasteiger partial charge in [0.25, 0.3) is 0 Å². The zero-order valence-corrected chi connectivity index (χ0v) is 5.21. The van der Waals surface area contributed by atoms with E-state index in [0.717, 1.165) is 0 Å². The number of hydrogen-bond acceptors (Lipinski definition) is 1. The van der Waals surface area contributed by atoms with Crippen LogP contribution >= 0.6 is 0 Å². The van der Waals surface area contributed by atoms with Crippen molar-refractivity contribution in [2.45, 2.75) is 0 Å². The molecule has 0 aliphatic carbocycles. The third-order valence-electron chi connectivity index (χ3n) is 0.471. The van der Waals surface area contributed by atoms with Crippen LogP contribution in [0.1, 0.15) is 0 Å². The molecule has 0 aromatic heterocycles. The van der Waals surface area contributed by atoms with Crippen molar-refractivity contribution in [2.75, 3.05) is 13.2 Å². The second kappa shape index (κ2) is 15.7. The summed E-state index contributed by atoms with van der Waals surface area (Å²) in [5.74, 6) is 0. The van der Waals surface area contributed by atoms with E-state index in [9.17, 15) is 0 Å². The average molecular weight is 138 g/mol. The van der Waals surface area contributed by atoms with E-state index in [1.54, 1.807) is 12.2 Å². The molecular formula is C6H12F2O. The number of halogens is 2. The van der Waals surface area contributed by atoms with Gasteiger partial charge in [0, 0.05) is 0 Å². The summed E-state index contributed by atoms with van der Waals surface area (Å²) in [5.41, 5.74) is 0. The summed E-state index contributed by atoms with van der Waals surface area (Å²) in [4.78, 5) is 0. The summed E-state index contributed by atoms with van der Waals surface area (Å²) in [6, 6.07) is 0. The Labute approximate surface area is 53.8 Å². The third-order valence-corrected chi connectivity index (χ3v) is 0.471. The first-order chi connectivity index (χ1) is 3.41. The molecule has 0 bridgehead atoms. The first-order valence-electron chi connectivity index (χ1n) is 2.21. The van der Waals surface area contributed by atoms with Crippen LogP contribution in [-0.4, -0.2) is 13.2 Å². The Morgan fingerprint density at radius 1 is 1.00 bits per heavy atom. The standard InChI is InChI=1S/C6H10O.2FH/c1-3-5-7-6-4-2;;/h3-4H,1-2,5-6H2;2*1H. The monoisotopic (exact) mass is 138 g/mol. The Bertz CT molecular complexity index is 56.1. The maximum absolute atomic E-state index is 4.90. The Kier molecular flexibility index (Phi) is 27.4. The van der Waals surface area contributed by atoms with Crippen molar-refractivity contribution < 1.29 is 14.1 Å². The van der Waals surface area contributed by atoms with Gasteiger partial charge in [-0.3, -0.25) is 9.41 Å². The Balaban J connectivity index is -0.000000180. The zero-order valence-electron chi connectivity index (χ0n) is 5.21. The summed E-state index contributed by atoms with van der Waals surface area (Å²) >= 11 is 0. The van der Waals surface area contributed by atoms with Crippen molar-refractivity contribution in [3.63, 3.8) is 0 Å². The van der Waals surface area contributed by atoms with Gasteiger partial charge in [0.2, 0.25) is 0 Å². The molecule has 0 aromatic carbocycles. The van der Waals surface area contributed by atoms with E-state index in [4.69, 9.17) is 4.74 Å². The van der Waals surface area contributed by atoms with Crippen LogP contribution in [0.4, 0.5) is 9.41 Å².